The van der Waals surface area contributed by atoms with Gasteiger partial charge in [0, 0.05) is 0 Å². The van der Waals surface area contributed by atoms with Crippen molar-refractivity contribution in [1.82, 2.24) is 10.3 Å². The van der Waals surface area contributed by atoms with Crippen LogP contribution in [0.15, 0.2) is 29.4 Å². The predicted octanol–water partition coefficient (Wildman–Crippen LogP) is 1.25. The van der Waals surface area contributed by atoms with E-state index in [-0.39, 0.29) is 28.6 Å². The Kier molecular flexibility index (Phi) is 5.19. The molecule has 2 unspecified atom stereocenters. The van der Waals surface area contributed by atoms with Crippen LogP contribution >= 0.6 is 23.5 Å². The van der Waals surface area contributed by atoms with E-state index >= 15 is 0 Å². The summed E-state index contributed by atoms with van der Waals surface area (Å²) in [5, 5.41) is 16.1. The highest BCUT2D eigenvalue weighted by atomic mass is 32.2. The molecule has 10 heteroatoms. The fraction of sp³-hybridized carbons (Fsp3) is 0.333. The van der Waals surface area contributed by atoms with Crippen LogP contribution in [0.1, 0.15) is 17.4 Å². The summed E-state index contributed by atoms with van der Waals surface area (Å²) < 4.78 is 5.13. The molecular formula is C15H15N3O5S2. The lowest BCUT2D eigenvalue weighted by Gasteiger charge is -2.19. The Labute approximate surface area is 152 Å². The number of carboxylic acid groups (broad SMARTS) is 1. The lowest BCUT2D eigenvalue weighted by molar-refractivity contribution is -0.138. The number of carbonyl (C=O) groups excluding carboxylic acids is 2. The summed E-state index contributed by atoms with van der Waals surface area (Å²) in [7, 11) is 1.58. The number of carbonyl (C=O) groups is 3. The number of amidine groups is 1. The van der Waals surface area contributed by atoms with E-state index in [0.717, 1.165) is 17.3 Å². The second kappa shape index (κ2) is 7.36. The van der Waals surface area contributed by atoms with E-state index in [1.165, 1.54) is 16.8 Å². The van der Waals surface area contributed by atoms with Crippen LogP contribution in [0.2, 0.25) is 0 Å². The van der Waals surface area contributed by atoms with Gasteiger partial charge >= 0.3 is 5.97 Å². The normalized spacial score (nSPS) is 24.7. The van der Waals surface area contributed by atoms with Crippen molar-refractivity contribution in [1.29, 1.82) is 0 Å². The molecule has 0 saturated carbocycles. The molecule has 3 rings (SSSR count). The number of hydrogen-bond donors (Lipinski definition) is 2. The highest BCUT2D eigenvalue weighted by Crippen LogP contribution is 2.40. The van der Waals surface area contributed by atoms with Gasteiger partial charge in [-0.3, -0.25) is 14.4 Å². The first-order valence-corrected chi connectivity index (χ1v) is 9.26. The number of rotatable bonds is 5. The monoisotopic (exact) mass is 381 g/mol. The van der Waals surface area contributed by atoms with Crippen molar-refractivity contribution < 1.29 is 24.2 Å². The Bertz CT molecular complexity index is 737. The Morgan fingerprint density at radius 1 is 1.40 bits per heavy atom. The highest BCUT2D eigenvalue weighted by Gasteiger charge is 2.37. The number of hydrazone groups is 1. The first-order chi connectivity index (χ1) is 12.0. The molecule has 8 nitrogen and oxygen atoms in total. The fourth-order valence-electron chi connectivity index (χ4n) is 2.37. The lowest BCUT2D eigenvalue weighted by atomic mass is 10.2. The topological polar surface area (TPSA) is 108 Å². The summed E-state index contributed by atoms with van der Waals surface area (Å²) in [6, 6.07) is 7.32. The summed E-state index contributed by atoms with van der Waals surface area (Å²) in [5.41, 5.74) is 0.886. The molecule has 2 amide bonds. The molecule has 1 aromatic rings. The third-order valence-electron chi connectivity index (χ3n) is 3.58. The number of nitrogens with one attached hydrogen (secondary N) is 1. The molecule has 2 aliphatic heterocycles. The Morgan fingerprint density at radius 2 is 2.12 bits per heavy atom. The molecule has 2 heterocycles. The SMILES string of the molecule is COc1ccc(C2SCC(=O)N2/N=C2/NC(=O)C(CC(=O)O)S2)cc1. The number of ether oxygens (including phenoxy) is 1. The van der Waals surface area contributed by atoms with Gasteiger partial charge in [-0.15, -0.1) is 16.9 Å². The van der Waals surface area contributed by atoms with Crippen molar-refractivity contribution in [3.05, 3.63) is 29.8 Å². The molecule has 1 aromatic carbocycles. The van der Waals surface area contributed by atoms with Gasteiger partial charge in [0.1, 0.15) is 16.4 Å². The first kappa shape index (κ1) is 17.6. The molecule has 2 fully saturated rings. The van der Waals surface area contributed by atoms with Gasteiger partial charge in [-0.05, 0) is 17.7 Å². The Hall–Kier alpha value is -2.20. The standard InChI is InChI=1S/C15H15N3O5S2/c1-23-9-4-2-8(3-5-9)14-18(11(19)7-24-14)17-15-16-13(22)10(25-15)6-12(20)21/h2-5,10,14H,6-7H2,1H3,(H,20,21)(H,16,17,22). The summed E-state index contributed by atoms with van der Waals surface area (Å²) in [4.78, 5) is 34.7. The summed E-state index contributed by atoms with van der Waals surface area (Å²) in [5.74, 6) is -0.643. The van der Waals surface area contributed by atoms with Crippen LogP contribution in [0.3, 0.4) is 0 Å². The average molecular weight is 381 g/mol. The van der Waals surface area contributed by atoms with Crippen molar-refractivity contribution in [2.45, 2.75) is 17.0 Å². The number of amides is 2. The van der Waals surface area contributed by atoms with Crippen LogP contribution in [0.5, 0.6) is 5.75 Å². The number of nitrogens with zero attached hydrogens (tertiary/aromatic N) is 2. The molecular weight excluding hydrogens is 366 g/mol. The maximum absolute atomic E-state index is 12.2. The van der Waals surface area contributed by atoms with E-state index in [1.807, 2.05) is 12.1 Å². The molecule has 0 spiro atoms. The Balaban J connectivity index is 1.78. The molecule has 0 radical (unpaired) electrons. The van der Waals surface area contributed by atoms with E-state index in [1.54, 1.807) is 19.2 Å². The minimum Gasteiger partial charge on any atom is -0.497 e. The molecule has 132 valence electrons. The van der Waals surface area contributed by atoms with Crippen molar-refractivity contribution in [2.24, 2.45) is 5.10 Å². The van der Waals surface area contributed by atoms with Crippen molar-refractivity contribution >= 4 is 46.5 Å². The second-order valence-corrected chi connectivity index (χ2v) is 7.53. The molecule has 25 heavy (non-hydrogen) atoms. The molecule has 0 aliphatic carbocycles. The van der Waals surface area contributed by atoms with E-state index in [4.69, 9.17) is 9.84 Å². The van der Waals surface area contributed by atoms with Gasteiger partial charge in [-0.25, -0.2) is 5.01 Å². The maximum Gasteiger partial charge on any atom is 0.305 e. The third-order valence-corrected chi connectivity index (χ3v) is 5.85. The van der Waals surface area contributed by atoms with E-state index in [9.17, 15) is 14.4 Å². The van der Waals surface area contributed by atoms with Gasteiger partial charge in [-0.2, -0.15) is 0 Å². The zero-order valence-electron chi connectivity index (χ0n) is 13.2. The molecule has 2 N–H and O–H groups in total. The summed E-state index contributed by atoms with van der Waals surface area (Å²) in [6.07, 6.45) is -0.292. The van der Waals surface area contributed by atoms with Crippen LogP contribution < -0.4 is 10.1 Å². The molecule has 2 saturated heterocycles. The Morgan fingerprint density at radius 3 is 2.76 bits per heavy atom. The van der Waals surface area contributed by atoms with Gasteiger partial charge in [-0.1, -0.05) is 23.9 Å². The van der Waals surface area contributed by atoms with Gasteiger partial charge in [0.2, 0.25) is 5.91 Å². The molecule has 0 bridgehead atoms. The second-order valence-electron chi connectivity index (χ2n) is 5.27. The number of thioether (sulfide) groups is 2. The summed E-state index contributed by atoms with van der Waals surface area (Å²) in [6.45, 7) is 0. The predicted molar refractivity (Wildman–Crippen MR) is 94.2 cm³/mol. The number of methoxy groups -OCH3 is 1. The van der Waals surface area contributed by atoms with Gasteiger partial charge in [0.15, 0.2) is 5.17 Å². The van der Waals surface area contributed by atoms with Crippen LogP contribution in [0.4, 0.5) is 0 Å². The minimum absolute atomic E-state index is 0.171. The van der Waals surface area contributed by atoms with Gasteiger partial charge < -0.3 is 15.2 Å². The highest BCUT2D eigenvalue weighted by molar-refractivity contribution is 8.15. The molecule has 2 aliphatic rings. The van der Waals surface area contributed by atoms with E-state index in [0.29, 0.717) is 5.75 Å². The molecule has 2 atom stereocenters. The van der Waals surface area contributed by atoms with E-state index in [2.05, 4.69) is 10.4 Å². The maximum atomic E-state index is 12.2. The van der Waals surface area contributed by atoms with Crippen LogP contribution in [0.25, 0.3) is 0 Å². The third kappa shape index (κ3) is 3.90. The summed E-state index contributed by atoms with van der Waals surface area (Å²) >= 11 is 2.46. The zero-order valence-corrected chi connectivity index (χ0v) is 14.8. The van der Waals surface area contributed by atoms with Crippen LogP contribution in [-0.2, 0) is 14.4 Å². The quantitative estimate of drug-likeness (QED) is 0.790. The van der Waals surface area contributed by atoms with Crippen LogP contribution in [-0.4, -0.2) is 51.2 Å². The smallest absolute Gasteiger partial charge is 0.305 e. The van der Waals surface area contributed by atoms with Crippen molar-refractivity contribution in [2.75, 3.05) is 12.9 Å². The van der Waals surface area contributed by atoms with Gasteiger partial charge in [0.25, 0.3) is 5.91 Å². The first-order valence-electron chi connectivity index (χ1n) is 7.33. The average Bonchev–Trinajstić information content (AvgIpc) is 3.11. The van der Waals surface area contributed by atoms with Crippen LogP contribution in [0, 0.1) is 0 Å². The fourth-order valence-corrected chi connectivity index (χ4v) is 4.42. The lowest BCUT2D eigenvalue weighted by Crippen LogP contribution is -2.29. The molecule has 0 aromatic heterocycles. The number of hydrogen-bond acceptors (Lipinski definition) is 7. The van der Waals surface area contributed by atoms with Crippen molar-refractivity contribution in [3.63, 3.8) is 0 Å². The van der Waals surface area contributed by atoms with Crippen molar-refractivity contribution in [3.8, 4) is 5.75 Å². The largest absolute Gasteiger partial charge is 0.497 e. The zero-order chi connectivity index (χ0) is 18.0. The van der Waals surface area contributed by atoms with E-state index < -0.39 is 17.1 Å². The number of benzene rings is 1. The van der Waals surface area contributed by atoms with Gasteiger partial charge in [0.05, 0.1) is 19.3 Å². The minimum atomic E-state index is -1.06. The number of aliphatic carboxylic acids is 1. The number of carboxylic acids is 1.